The second kappa shape index (κ2) is 10.8. The number of rotatable bonds is 6. The normalized spacial score (nSPS) is 19.6. The number of pyridine rings is 1. The Labute approximate surface area is 231 Å². The molecule has 40 heavy (non-hydrogen) atoms. The van der Waals surface area contributed by atoms with Crippen molar-refractivity contribution in [2.45, 2.75) is 51.0 Å². The van der Waals surface area contributed by atoms with E-state index in [-0.39, 0.29) is 23.1 Å². The molecule has 1 aliphatic carbocycles. The number of hydrogen-bond donors (Lipinski definition) is 2. The predicted octanol–water partition coefficient (Wildman–Crippen LogP) is 4.57. The molecule has 2 aromatic heterocycles. The van der Waals surface area contributed by atoms with Gasteiger partial charge >= 0.3 is 0 Å². The van der Waals surface area contributed by atoms with Crippen molar-refractivity contribution >= 4 is 28.4 Å². The molecule has 0 unspecified atom stereocenters. The maximum atomic E-state index is 13.0. The lowest BCUT2D eigenvalue weighted by molar-refractivity contribution is -0.140. The van der Waals surface area contributed by atoms with Gasteiger partial charge in [-0.2, -0.15) is 5.10 Å². The van der Waals surface area contributed by atoms with E-state index >= 15 is 0 Å². The number of piperidine rings is 2. The molecule has 4 heterocycles. The number of nitrogens with one attached hydrogen (secondary N) is 2. The molecule has 0 atom stereocenters. The van der Waals surface area contributed by atoms with E-state index in [0.717, 1.165) is 75.6 Å². The van der Waals surface area contributed by atoms with Crippen LogP contribution < -0.4 is 15.4 Å². The van der Waals surface area contributed by atoms with Crippen molar-refractivity contribution < 1.29 is 23.1 Å². The van der Waals surface area contributed by atoms with E-state index in [0.29, 0.717) is 17.3 Å². The smallest absolute Gasteiger partial charge is 0.280 e. The number of carbonyl (C=O) groups is 2. The summed E-state index contributed by atoms with van der Waals surface area (Å²) in [4.78, 5) is 31.6. The fraction of sp³-hybridized carbons (Fsp3) is 0.517. The second-order valence-corrected chi connectivity index (χ2v) is 11.3. The number of fused-ring (bicyclic) bond motifs is 1. The summed E-state index contributed by atoms with van der Waals surface area (Å²) >= 11 is 0. The largest absolute Gasteiger partial charge is 0.494 e. The molecule has 6 rings (SSSR count). The standard InChI is InChI=1S/C29H34F2N6O3/c1-40-25-14-23-19(13-24(25)34-27(38)22-4-2-3-21(33-22)26(30)31)17-37(35-23)20-15-29(16-20)7-11-36(12-8-29)28(39)18-5-9-32-10-6-18/h2-4,13-14,17-18,20,26,32H,5-12,15-16H2,1H3,(H,34,38). The Morgan fingerprint density at radius 2 is 1.90 bits per heavy atom. The number of aromatic nitrogens is 3. The number of likely N-dealkylation sites (tertiary alicyclic amines) is 1. The average molecular weight is 553 g/mol. The number of anilines is 1. The SMILES string of the molecule is COc1cc2nn(C3CC4(CCN(C(=O)C5CCNCC5)CC4)C3)cc2cc1NC(=O)c1cccc(C(F)F)n1. The number of alkyl halides is 2. The van der Waals surface area contributed by atoms with E-state index in [9.17, 15) is 18.4 Å². The monoisotopic (exact) mass is 552 g/mol. The fourth-order valence-electron chi connectivity index (χ4n) is 6.47. The van der Waals surface area contributed by atoms with Crippen LogP contribution in [0.3, 0.4) is 0 Å². The topological polar surface area (TPSA) is 101 Å². The third kappa shape index (κ3) is 5.14. The van der Waals surface area contributed by atoms with Crippen LogP contribution in [-0.4, -0.2) is 64.8 Å². The maximum absolute atomic E-state index is 13.0. The van der Waals surface area contributed by atoms with Gasteiger partial charge in [0, 0.05) is 36.7 Å². The summed E-state index contributed by atoms with van der Waals surface area (Å²) < 4.78 is 33.5. The summed E-state index contributed by atoms with van der Waals surface area (Å²) in [6.07, 6.45) is 5.23. The average Bonchev–Trinajstić information content (AvgIpc) is 3.38. The summed E-state index contributed by atoms with van der Waals surface area (Å²) in [7, 11) is 1.50. The van der Waals surface area contributed by atoms with Crippen LogP contribution in [0.4, 0.5) is 14.5 Å². The van der Waals surface area contributed by atoms with Gasteiger partial charge in [-0.25, -0.2) is 13.8 Å². The summed E-state index contributed by atoms with van der Waals surface area (Å²) in [5.41, 5.74) is 0.882. The van der Waals surface area contributed by atoms with Crippen LogP contribution in [0.2, 0.25) is 0 Å². The van der Waals surface area contributed by atoms with Gasteiger partial charge in [-0.15, -0.1) is 0 Å². The van der Waals surface area contributed by atoms with Gasteiger partial charge in [-0.1, -0.05) is 6.07 Å². The molecule has 212 valence electrons. The number of hydrogen-bond acceptors (Lipinski definition) is 6. The highest BCUT2D eigenvalue weighted by Gasteiger charge is 2.47. The molecular weight excluding hydrogens is 518 g/mol. The predicted molar refractivity (Wildman–Crippen MR) is 146 cm³/mol. The first kappa shape index (κ1) is 26.6. The van der Waals surface area contributed by atoms with Crippen molar-refractivity contribution in [2.24, 2.45) is 11.3 Å². The van der Waals surface area contributed by atoms with E-state index in [1.165, 1.54) is 25.3 Å². The number of ether oxygens (including phenoxy) is 1. The molecule has 2 saturated heterocycles. The summed E-state index contributed by atoms with van der Waals surface area (Å²) in [6, 6.07) is 7.80. The lowest BCUT2D eigenvalue weighted by atomic mass is 9.60. The molecule has 9 nitrogen and oxygen atoms in total. The lowest BCUT2D eigenvalue weighted by Crippen LogP contribution is -2.51. The van der Waals surface area contributed by atoms with Gasteiger partial charge in [-0.05, 0) is 75.2 Å². The number of carbonyl (C=O) groups excluding carboxylic acids is 2. The molecule has 1 saturated carbocycles. The third-order valence-corrected chi connectivity index (χ3v) is 8.85. The highest BCUT2D eigenvalue weighted by atomic mass is 19.3. The minimum atomic E-state index is -2.76. The Balaban J connectivity index is 1.10. The molecule has 2 aliphatic heterocycles. The van der Waals surface area contributed by atoms with Crippen molar-refractivity contribution in [3.05, 3.63) is 47.9 Å². The van der Waals surface area contributed by atoms with Crippen LogP contribution >= 0.6 is 0 Å². The zero-order valence-electron chi connectivity index (χ0n) is 22.5. The third-order valence-electron chi connectivity index (χ3n) is 8.85. The molecule has 2 amide bonds. The molecule has 11 heteroatoms. The number of methoxy groups -OCH3 is 1. The van der Waals surface area contributed by atoms with E-state index < -0.39 is 18.0 Å². The lowest BCUT2D eigenvalue weighted by Gasteiger charge is -2.52. The van der Waals surface area contributed by atoms with Crippen molar-refractivity contribution in [2.75, 3.05) is 38.6 Å². The van der Waals surface area contributed by atoms with Crippen molar-refractivity contribution in [1.29, 1.82) is 0 Å². The van der Waals surface area contributed by atoms with Gasteiger partial charge in [-0.3, -0.25) is 14.3 Å². The van der Waals surface area contributed by atoms with Crippen LogP contribution in [0.15, 0.2) is 36.5 Å². The minimum Gasteiger partial charge on any atom is -0.494 e. The van der Waals surface area contributed by atoms with E-state index in [1.807, 2.05) is 10.9 Å². The van der Waals surface area contributed by atoms with Gasteiger partial charge < -0.3 is 20.3 Å². The Morgan fingerprint density at radius 1 is 1.15 bits per heavy atom. The quantitative estimate of drug-likeness (QED) is 0.465. The summed E-state index contributed by atoms with van der Waals surface area (Å²) in [5.74, 6) is 0.331. The maximum Gasteiger partial charge on any atom is 0.280 e. The molecule has 0 bridgehead atoms. The molecule has 0 radical (unpaired) electrons. The van der Waals surface area contributed by atoms with Gasteiger partial charge in [0.2, 0.25) is 5.91 Å². The molecule has 3 aliphatic rings. The Morgan fingerprint density at radius 3 is 2.60 bits per heavy atom. The van der Waals surface area contributed by atoms with E-state index in [4.69, 9.17) is 9.84 Å². The molecule has 3 fully saturated rings. The first-order valence-corrected chi connectivity index (χ1v) is 14.0. The number of nitrogens with zero attached hydrogens (tertiary/aromatic N) is 4. The zero-order valence-corrected chi connectivity index (χ0v) is 22.5. The van der Waals surface area contributed by atoms with Crippen LogP contribution in [0.25, 0.3) is 10.9 Å². The second-order valence-electron chi connectivity index (χ2n) is 11.3. The Hall–Kier alpha value is -3.60. The molecule has 1 spiro atoms. The van der Waals surface area contributed by atoms with Gasteiger partial charge in [0.05, 0.1) is 24.4 Å². The van der Waals surface area contributed by atoms with Crippen LogP contribution in [-0.2, 0) is 4.79 Å². The molecule has 1 aromatic carbocycles. The van der Waals surface area contributed by atoms with E-state index in [2.05, 4.69) is 20.5 Å². The van der Waals surface area contributed by atoms with Crippen LogP contribution in [0.5, 0.6) is 5.75 Å². The first-order chi connectivity index (χ1) is 19.3. The molecule has 3 aromatic rings. The van der Waals surface area contributed by atoms with Gasteiger partial charge in [0.15, 0.2) is 0 Å². The van der Waals surface area contributed by atoms with Gasteiger partial charge in [0.25, 0.3) is 12.3 Å². The number of halogens is 2. The summed E-state index contributed by atoms with van der Waals surface area (Å²) in [5, 5.41) is 11.7. The first-order valence-electron chi connectivity index (χ1n) is 14.0. The summed E-state index contributed by atoms with van der Waals surface area (Å²) in [6.45, 7) is 3.54. The van der Waals surface area contributed by atoms with Crippen LogP contribution in [0.1, 0.15) is 67.2 Å². The van der Waals surface area contributed by atoms with Crippen LogP contribution in [0, 0.1) is 11.3 Å². The fourth-order valence-corrected chi connectivity index (χ4v) is 6.47. The highest BCUT2D eigenvalue weighted by Crippen LogP contribution is 2.55. The van der Waals surface area contributed by atoms with Crippen molar-refractivity contribution in [1.82, 2.24) is 25.0 Å². The zero-order chi connectivity index (χ0) is 27.9. The Kier molecular flexibility index (Phi) is 7.16. The highest BCUT2D eigenvalue weighted by molar-refractivity contribution is 6.05. The minimum absolute atomic E-state index is 0.0982. The Bertz CT molecular complexity index is 1400. The van der Waals surface area contributed by atoms with Crippen molar-refractivity contribution in [3.63, 3.8) is 0 Å². The van der Waals surface area contributed by atoms with Crippen molar-refractivity contribution in [3.8, 4) is 5.75 Å². The number of benzene rings is 1. The number of amides is 2. The molecular formula is C29H34F2N6O3. The van der Waals surface area contributed by atoms with Gasteiger partial charge in [0.1, 0.15) is 17.1 Å². The molecule has 2 N–H and O–H groups in total. The van der Waals surface area contributed by atoms with E-state index in [1.54, 1.807) is 12.1 Å².